The summed E-state index contributed by atoms with van der Waals surface area (Å²) < 4.78 is 0. The number of hydrogen-bond donors (Lipinski definition) is 0. The molecule has 0 bridgehead atoms. The zero-order valence-corrected chi connectivity index (χ0v) is 9.43. The largest absolute Gasteiger partial charge is 0.248 e. The van der Waals surface area contributed by atoms with Gasteiger partial charge >= 0.3 is 0 Å². The van der Waals surface area contributed by atoms with Crippen molar-refractivity contribution < 1.29 is 0 Å². The summed E-state index contributed by atoms with van der Waals surface area (Å²) in [6, 6.07) is 20.3. The second-order valence-corrected chi connectivity index (χ2v) is 4.05. The summed E-state index contributed by atoms with van der Waals surface area (Å²) in [5.74, 6) is 0. The van der Waals surface area contributed by atoms with Crippen molar-refractivity contribution >= 4 is 10.9 Å². The Balaban J connectivity index is 2.26. The Hall–Kier alpha value is -2.15. The number of para-hydroxylation sites is 1. The highest BCUT2D eigenvalue weighted by molar-refractivity contribution is 5.85. The van der Waals surface area contributed by atoms with Gasteiger partial charge in [0, 0.05) is 10.9 Å². The molecule has 0 N–H and O–H groups in total. The summed E-state index contributed by atoms with van der Waals surface area (Å²) >= 11 is 0. The number of pyridine rings is 1. The van der Waals surface area contributed by atoms with Crippen molar-refractivity contribution in [2.24, 2.45) is 0 Å². The van der Waals surface area contributed by atoms with E-state index >= 15 is 0 Å². The molecule has 0 amide bonds. The molecule has 0 spiro atoms. The van der Waals surface area contributed by atoms with Gasteiger partial charge in [0.15, 0.2) is 0 Å². The highest BCUT2D eigenvalue weighted by Crippen LogP contribution is 2.23. The summed E-state index contributed by atoms with van der Waals surface area (Å²) in [6.07, 6.45) is 0. The van der Waals surface area contributed by atoms with Crippen LogP contribution in [0.2, 0.25) is 0 Å². The highest BCUT2D eigenvalue weighted by Gasteiger charge is 2.03. The zero-order chi connectivity index (χ0) is 11.7. The molecular weight excluding hydrogens is 206 g/mol. The van der Waals surface area contributed by atoms with Gasteiger partial charge in [-0.05, 0) is 24.6 Å². The lowest BCUT2D eigenvalue weighted by atomic mass is 10.1. The van der Waals surface area contributed by atoms with Gasteiger partial charge in [0.05, 0.1) is 11.2 Å². The molecule has 0 unspecified atom stereocenters. The second kappa shape index (κ2) is 4.02. The number of fused-ring (bicyclic) bond motifs is 1. The van der Waals surface area contributed by atoms with Crippen molar-refractivity contribution in [1.82, 2.24) is 4.98 Å². The van der Waals surface area contributed by atoms with Gasteiger partial charge < -0.3 is 0 Å². The Morgan fingerprint density at radius 2 is 1.53 bits per heavy atom. The van der Waals surface area contributed by atoms with Crippen molar-refractivity contribution in [1.29, 1.82) is 0 Å². The summed E-state index contributed by atoms with van der Waals surface area (Å²) in [5, 5.41) is 1.12. The molecule has 2 aromatic carbocycles. The van der Waals surface area contributed by atoms with Gasteiger partial charge in [-0.3, -0.25) is 0 Å². The maximum Gasteiger partial charge on any atom is 0.0712 e. The van der Waals surface area contributed by atoms with Crippen molar-refractivity contribution in [2.75, 3.05) is 0 Å². The minimum absolute atomic E-state index is 0.981. The van der Waals surface area contributed by atoms with Crippen LogP contribution in [0, 0.1) is 6.92 Å². The molecule has 81 valence electrons. The molecule has 17 heavy (non-hydrogen) atoms. The summed E-state index contributed by atoms with van der Waals surface area (Å²) in [5.41, 5.74) is 4.13. The third kappa shape index (κ3) is 1.80. The Kier molecular flexibility index (Phi) is 2.37. The Bertz CT molecular complexity index is 657. The van der Waals surface area contributed by atoms with E-state index in [1.165, 1.54) is 0 Å². The number of rotatable bonds is 1. The number of benzene rings is 2. The Morgan fingerprint density at radius 3 is 2.35 bits per heavy atom. The molecule has 0 saturated heterocycles. The summed E-state index contributed by atoms with van der Waals surface area (Å²) in [4.78, 5) is 4.67. The smallest absolute Gasteiger partial charge is 0.0712 e. The molecule has 1 radical (unpaired) electrons. The summed E-state index contributed by atoms with van der Waals surface area (Å²) in [7, 11) is 0. The molecular formula is C16H12N. The maximum atomic E-state index is 4.67. The molecule has 3 aromatic rings. The average molecular weight is 218 g/mol. The fourth-order valence-electron chi connectivity index (χ4n) is 2.00. The fourth-order valence-corrected chi connectivity index (χ4v) is 2.00. The summed E-state index contributed by atoms with van der Waals surface area (Å²) in [6.45, 7) is 4.09. The first-order chi connectivity index (χ1) is 8.34. The molecule has 0 aliphatic carbocycles. The van der Waals surface area contributed by atoms with E-state index in [-0.39, 0.29) is 0 Å². The molecule has 0 saturated carbocycles. The van der Waals surface area contributed by atoms with Crippen molar-refractivity contribution in [3.8, 4) is 11.3 Å². The van der Waals surface area contributed by atoms with Crippen LogP contribution in [0.3, 0.4) is 0 Å². The molecule has 1 aromatic heterocycles. The van der Waals surface area contributed by atoms with E-state index in [1.807, 2.05) is 42.5 Å². The van der Waals surface area contributed by atoms with E-state index in [0.717, 1.165) is 27.7 Å². The highest BCUT2D eigenvalue weighted by atomic mass is 14.7. The van der Waals surface area contributed by atoms with Crippen molar-refractivity contribution in [3.63, 3.8) is 0 Å². The Labute approximate surface area is 101 Å². The minimum atomic E-state index is 0.981. The first-order valence-electron chi connectivity index (χ1n) is 5.62. The SMILES string of the molecule is [CH2]c1cc(-c2ccccc2)nc2ccccc12. The van der Waals surface area contributed by atoms with Crippen LogP contribution in [0.25, 0.3) is 22.2 Å². The third-order valence-electron chi connectivity index (χ3n) is 2.87. The van der Waals surface area contributed by atoms with E-state index in [1.54, 1.807) is 0 Å². The number of hydrogen-bond acceptors (Lipinski definition) is 1. The molecule has 1 heterocycles. The van der Waals surface area contributed by atoms with E-state index in [2.05, 4.69) is 30.1 Å². The van der Waals surface area contributed by atoms with Gasteiger partial charge in [-0.25, -0.2) is 4.98 Å². The van der Waals surface area contributed by atoms with Crippen molar-refractivity contribution in [2.45, 2.75) is 0 Å². The van der Waals surface area contributed by atoms with Crippen molar-refractivity contribution in [3.05, 3.63) is 73.2 Å². The molecule has 0 fully saturated rings. The number of nitrogens with zero attached hydrogens (tertiary/aromatic N) is 1. The van der Waals surface area contributed by atoms with Gasteiger partial charge in [0.25, 0.3) is 0 Å². The van der Waals surface area contributed by atoms with Crippen LogP contribution in [0.15, 0.2) is 60.7 Å². The van der Waals surface area contributed by atoms with Crippen LogP contribution in [0.1, 0.15) is 5.56 Å². The van der Waals surface area contributed by atoms with Crippen LogP contribution in [0.4, 0.5) is 0 Å². The lowest BCUT2D eigenvalue weighted by molar-refractivity contribution is 1.39. The topological polar surface area (TPSA) is 12.9 Å². The van der Waals surface area contributed by atoms with Gasteiger partial charge in [-0.15, -0.1) is 0 Å². The van der Waals surface area contributed by atoms with E-state index in [9.17, 15) is 0 Å². The van der Waals surface area contributed by atoms with E-state index < -0.39 is 0 Å². The minimum Gasteiger partial charge on any atom is -0.248 e. The van der Waals surface area contributed by atoms with Gasteiger partial charge in [-0.2, -0.15) is 0 Å². The molecule has 0 aliphatic heterocycles. The molecule has 1 nitrogen and oxygen atoms in total. The fraction of sp³-hybridized carbons (Fsp3) is 0. The molecule has 0 aliphatic rings. The van der Waals surface area contributed by atoms with Crippen LogP contribution >= 0.6 is 0 Å². The van der Waals surface area contributed by atoms with E-state index in [0.29, 0.717) is 0 Å². The van der Waals surface area contributed by atoms with Gasteiger partial charge in [-0.1, -0.05) is 48.5 Å². The predicted molar refractivity (Wildman–Crippen MR) is 71.6 cm³/mol. The van der Waals surface area contributed by atoms with Crippen LogP contribution in [-0.2, 0) is 0 Å². The van der Waals surface area contributed by atoms with Gasteiger partial charge in [0.2, 0.25) is 0 Å². The predicted octanol–water partition coefficient (Wildman–Crippen LogP) is 4.08. The van der Waals surface area contributed by atoms with E-state index in [4.69, 9.17) is 0 Å². The lowest BCUT2D eigenvalue weighted by Gasteiger charge is -2.06. The Morgan fingerprint density at radius 1 is 0.824 bits per heavy atom. The maximum absolute atomic E-state index is 4.67. The normalized spacial score (nSPS) is 10.6. The van der Waals surface area contributed by atoms with Crippen LogP contribution < -0.4 is 0 Å². The molecule has 0 atom stereocenters. The number of aromatic nitrogens is 1. The average Bonchev–Trinajstić information content (AvgIpc) is 2.40. The van der Waals surface area contributed by atoms with Gasteiger partial charge in [0.1, 0.15) is 0 Å². The standard InChI is InChI=1S/C16H12N/c1-12-11-16(13-7-3-2-4-8-13)17-15-10-6-5-9-14(12)15/h2-11H,1H2. The monoisotopic (exact) mass is 218 g/mol. The second-order valence-electron chi connectivity index (χ2n) is 4.05. The third-order valence-corrected chi connectivity index (χ3v) is 2.87. The first-order valence-corrected chi connectivity index (χ1v) is 5.62. The molecule has 3 rings (SSSR count). The first kappa shape index (κ1) is 10.0. The molecule has 1 heteroatoms. The van der Waals surface area contributed by atoms with Crippen LogP contribution in [0.5, 0.6) is 0 Å². The van der Waals surface area contributed by atoms with Crippen LogP contribution in [-0.4, -0.2) is 4.98 Å². The quantitative estimate of drug-likeness (QED) is 0.599. The zero-order valence-electron chi connectivity index (χ0n) is 9.43. The lowest BCUT2D eigenvalue weighted by Crippen LogP contribution is -1.88.